The Kier molecular flexibility index (Phi) is 4.41. The first-order valence-electron chi connectivity index (χ1n) is 7.89. The Morgan fingerprint density at radius 3 is 2.70 bits per heavy atom. The van der Waals surface area contributed by atoms with E-state index >= 15 is 0 Å². The van der Waals surface area contributed by atoms with Crippen LogP contribution in [0.5, 0.6) is 5.88 Å². The Bertz CT molecular complexity index is 423. The predicted octanol–water partition coefficient (Wildman–Crippen LogP) is 2.45. The lowest BCUT2D eigenvalue weighted by atomic mass is 9.89. The monoisotopic (exact) mass is 275 g/mol. The number of hydrogen-bond acceptors (Lipinski definition) is 4. The molecule has 0 aromatic carbocycles. The molecule has 2 heterocycles. The third kappa shape index (κ3) is 3.42. The lowest BCUT2D eigenvalue weighted by molar-refractivity contribution is 0.130. The highest BCUT2D eigenvalue weighted by atomic mass is 16.5. The molecule has 1 aliphatic heterocycles. The first-order valence-corrected chi connectivity index (χ1v) is 7.89. The van der Waals surface area contributed by atoms with Crippen molar-refractivity contribution >= 4 is 5.69 Å². The molecule has 1 saturated carbocycles. The smallest absolute Gasteiger partial charge is 0.215 e. The summed E-state index contributed by atoms with van der Waals surface area (Å²) in [6.07, 6.45) is 7.13. The van der Waals surface area contributed by atoms with Gasteiger partial charge in [-0.25, -0.2) is 4.98 Å². The van der Waals surface area contributed by atoms with Crippen molar-refractivity contribution in [1.82, 2.24) is 10.3 Å². The largest absolute Gasteiger partial charge is 0.474 e. The van der Waals surface area contributed by atoms with Gasteiger partial charge in [-0.2, -0.15) is 0 Å². The van der Waals surface area contributed by atoms with Crippen molar-refractivity contribution in [3.63, 3.8) is 0 Å². The van der Waals surface area contributed by atoms with E-state index in [0.29, 0.717) is 6.10 Å². The van der Waals surface area contributed by atoms with Gasteiger partial charge in [0.05, 0.1) is 0 Å². The summed E-state index contributed by atoms with van der Waals surface area (Å²) < 4.78 is 6.08. The summed E-state index contributed by atoms with van der Waals surface area (Å²) in [4.78, 5) is 6.78. The highest BCUT2D eigenvalue weighted by Crippen LogP contribution is 2.27. The minimum atomic E-state index is 0.358. The van der Waals surface area contributed by atoms with Crippen molar-refractivity contribution in [2.24, 2.45) is 5.92 Å². The number of ether oxygens (including phenoxy) is 1. The molecule has 3 rings (SSSR count). The zero-order valence-electron chi connectivity index (χ0n) is 12.3. The molecule has 1 aliphatic carbocycles. The van der Waals surface area contributed by atoms with Crippen LogP contribution < -0.4 is 15.0 Å². The number of nitrogens with zero attached hydrogens (tertiary/aromatic N) is 2. The molecule has 0 unspecified atom stereocenters. The summed E-state index contributed by atoms with van der Waals surface area (Å²) in [6, 6.07) is 4.18. The first-order chi connectivity index (χ1) is 9.81. The average molecular weight is 275 g/mol. The second-order valence-electron chi connectivity index (χ2n) is 6.09. The van der Waals surface area contributed by atoms with Crippen LogP contribution in [-0.2, 0) is 0 Å². The zero-order chi connectivity index (χ0) is 13.8. The van der Waals surface area contributed by atoms with Crippen LogP contribution in [0.25, 0.3) is 0 Å². The summed E-state index contributed by atoms with van der Waals surface area (Å²) in [6.45, 7) is 6.56. The van der Waals surface area contributed by atoms with E-state index in [2.05, 4.69) is 34.3 Å². The summed E-state index contributed by atoms with van der Waals surface area (Å²) >= 11 is 0. The zero-order valence-corrected chi connectivity index (χ0v) is 12.3. The molecule has 1 aromatic heterocycles. The first kappa shape index (κ1) is 13.7. The van der Waals surface area contributed by atoms with Crippen LogP contribution in [-0.4, -0.2) is 37.3 Å². The Balaban J connectivity index is 1.62. The van der Waals surface area contributed by atoms with Crippen LogP contribution in [0.1, 0.15) is 32.6 Å². The van der Waals surface area contributed by atoms with Gasteiger partial charge in [-0.3, -0.25) is 0 Å². The summed E-state index contributed by atoms with van der Waals surface area (Å²) in [5, 5.41) is 3.38. The summed E-state index contributed by atoms with van der Waals surface area (Å²) in [5.41, 5.74) is 1.24. The van der Waals surface area contributed by atoms with E-state index in [-0.39, 0.29) is 0 Å². The Hall–Kier alpha value is -1.29. The van der Waals surface area contributed by atoms with Gasteiger partial charge in [0.1, 0.15) is 6.10 Å². The number of piperazine rings is 1. The average Bonchev–Trinajstić information content (AvgIpc) is 2.51. The molecule has 0 spiro atoms. The molecule has 0 atom stereocenters. The molecular weight excluding hydrogens is 250 g/mol. The molecule has 2 aliphatic rings. The maximum absolute atomic E-state index is 6.08. The van der Waals surface area contributed by atoms with Crippen LogP contribution in [0.4, 0.5) is 5.69 Å². The van der Waals surface area contributed by atoms with Crippen LogP contribution in [0.2, 0.25) is 0 Å². The SMILES string of the molecule is CC1CCC(Oc2cc(N3CCNCC3)ccn2)CC1. The highest BCUT2D eigenvalue weighted by molar-refractivity contribution is 5.48. The second kappa shape index (κ2) is 6.44. The van der Waals surface area contributed by atoms with Crippen LogP contribution in [0.3, 0.4) is 0 Å². The molecule has 1 N–H and O–H groups in total. The number of nitrogens with one attached hydrogen (secondary N) is 1. The molecule has 1 saturated heterocycles. The Morgan fingerprint density at radius 1 is 1.20 bits per heavy atom. The van der Waals surface area contributed by atoms with Gasteiger partial charge in [-0.05, 0) is 37.7 Å². The maximum atomic E-state index is 6.08. The van der Waals surface area contributed by atoms with Gasteiger partial charge < -0.3 is 15.0 Å². The fourth-order valence-corrected chi connectivity index (χ4v) is 3.10. The maximum Gasteiger partial charge on any atom is 0.215 e. The van der Waals surface area contributed by atoms with Crippen molar-refractivity contribution < 1.29 is 4.74 Å². The van der Waals surface area contributed by atoms with Gasteiger partial charge in [0.15, 0.2) is 0 Å². The van der Waals surface area contributed by atoms with E-state index in [0.717, 1.165) is 38.0 Å². The van der Waals surface area contributed by atoms with E-state index in [1.54, 1.807) is 0 Å². The molecule has 4 heteroatoms. The predicted molar refractivity (Wildman–Crippen MR) is 81.4 cm³/mol. The van der Waals surface area contributed by atoms with Gasteiger partial charge in [-0.1, -0.05) is 6.92 Å². The van der Waals surface area contributed by atoms with E-state index in [1.165, 1.54) is 31.4 Å². The van der Waals surface area contributed by atoms with Crippen molar-refractivity contribution in [2.75, 3.05) is 31.1 Å². The van der Waals surface area contributed by atoms with Gasteiger partial charge in [0, 0.05) is 44.1 Å². The minimum absolute atomic E-state index is 0.358. The molecule has 20 heavy (non-hydrogen) atoms. The second-order valence-corrected chi connectivity index (χ2v) is 6.09. The fourth-order valence-electron chi connectivity index (χ4n) is 3.10. The van der Waals surface area contributed by atoms with Gasteiger partial charge in [0.25, 0.3) is 0 Å². The molecule has 0 amide bonds. The molecular formula is C16H25N3O. The minimum Gasteiger partial charge on any atom is -0.474 e. The molecule has 0 radical (unpaired) electrons. The summed E-state index contributed by atoms with van der Waals surface area (Å²) in [5.74, 6) is 1.65. The van der Waals surface area contributed by atoms with Gasteiger partial charge in [-0.15, -0.1) is 0 Å². The number of aromatic nitrogens is 1. The Morgan fingerprint density at radius 2 is 1.95 bits per heavy atom. The van der Waals surface area contributed by atoms with Crippen LogP contribution in [0.15, 0.2) is 18.3 Å². The van der Waals surface area contributed by atoms with Crippen molar-refractivity contribution in [3.05, 3.63) is 18.3 Å². The number of anilines is 1. The van der Waals surface area contributed by atoms with Crippen molar-refractivity contribution in [2.45, 2.75) is 38.7 Å². The van der Waals surface area contributed by atoms with Crippen molar-refractivity contribution in [3.8, 4) is 5.88 Å². The quantitative estimate of drug-likeness (QED) is 0.919. The van der Waals surface area contributed by atoms with E-state index in [1.807, 2.05) is 6.20 Å². The topological polar surface area (TPSA) is 37.4 Å². The molecule has 110 valence electrons. The highest BCUT2D eigenvalue weighted by Gasteiger charge is 2.20. The third-order valence-electron chi connectivity index (χ3n) is 4.45. The van der Waals surface area contributed by atoms with Gasteiger partial charge in [0.2, 0.25) is 5.88 Å². The lowest BCUT2D eigenvalue weighted by Gasteiger charge is -2.30. The summed E-state index contributed by atoms with van der Waals surface area (Å²) in [7, 11) is 0. The Labute approximate surface area is 121 Å². The number of pyridine rings is 1. The number of hydrogen-bond donors (Lipinski definition) is 1. The van der Waals surface area contributed by atoms with E-state index < -0.39 is 0 Å². The lowest BCUT2D eigenvalue weighted by Crippen LogP contribution is -2.43. The van der Waals surface area contributed by atoms with Crippen LogP contribution >= 0.6 is 0 Å². The molecule has 4 nitrogen and oxygen atoms in total. The number of rotatable bonds is 3. The third-order valence-corrected chi connectivity index (χ3v) is 4.45. The van der Waals surface area contributed by atoms with E-state index in [9.17, 15) is 0 Å². The standard InChI is InChI=1S/C16H25N3O/c1-13-2-4-15(5-3-13)20-16-12-14(6-7-18-16)19-10-8-17-9-11-19/h6-7,12-13,15,17H,2-5,8-11H2,1H3. The molecule has 1 aromatic rings. The van der Waals surface area contributed by atoms with Gasteiger partial charge >= 0.3 is 0 Å². The molecule has 0 bridgehead atoms. The van der Waals surface area contributed by atoms with Crippen molar-refractivity contribution in [1.29, 1.82) is 0 Å². The van der Waals surface area contributed by atoms with E-state index in [4.69, 9.17) is 4.74 Å². The fraction of sp³-hybridized carbons (Fsp3) is 0.688. The molecule has 2 fully saturated rings. The normalized spacial score (nSPS) is 27.4. The van der Waals surface area contributed by atoms with Crippen LogP contribution in [0, 0.1) is 5.92 Å².